The Hall–Kier alpha value is -2.21. The van der Waals surface area contributed by atoms with Crippen LogP contribution in [0.1, 0.15) is 39.9 Å². The van der Waals surface area contributed by atoms with Crippen LogP contribution in [0, 0.1) is 5.92 Å². The number of fused-ring (bicyclic) bond motifs is 1. The largest absolute Gasteiger partial charge is 0.348 e. The smallest absolute Gasteiger partial charge is 0.254 e. The highest BCUT2D eigenvalue weighted by Crippen LogP contribution is 2.31. The van der Waals surface area contributed by atoms with Crippen LogP contribution in [0.5, 0.6) is 0 Å². The molecule has 126 valence electrons. The highest BCUT2D eigenvalue weighted by atomic mass is 16.1. The average molecular weight is 325 g/mol. The molecule has 2 aromatic rings. The molecule has 1 amide bonds. The Morgan fingerprint density at radius 1 is 1.33 bits per heavy atom. The van der Waals surface area contributed by atoms with E-state index in [1.54, 1.807) is 17.1 Å². The topological polar surface area (TPSA) is 63.1 Å². The fraction of sp³-hybridized carbons (Fsp3) is 0.500. The molecule has 4 rings (SSSR count). The average Bonchev–Trinajstić information content (AvgIpc) is 3.29. The molecule has 1 saturated carbocycles. The lowest BCUT2D eigenvalue weighted by Crippen LogP contribution is -2.33. The highest BCUT2D eigenvalue weighted by Gasteiger charge is 2.27. The molecule has 0 atom stereocenters. The van der Waals surface area contributed by atoms with Crippen molar-refractivity contribution in [1.29, 1.82) is 0 Å². The number of hydrogen-bond acceptors (Lipinski definition) is 4. The van der Waals surface area contributed by atoms with Crippen LogP contribution < -0.4 is 5.32 Å². The van der Waals surface area contributed by atoms with Gasteiger partial charge in [-0.2, -0.15) is 5.10 Å². The lowest BCUT2D eigenvalue weighted by atomic mass is 9.97. The van der Waals surface area contributed by atoms with Crippen LogP contribution in [0.2, 0.25) is 0 Å². The molecule has 0 radical (unpaired) electrons. The van der Waals surface area contributed by atoms with Gasteiger partial charge in [0.1, 0.15) is 0 Å². The summed E-state index contributed by atoms with van der Waals surface area (Å²) in [4.78, 5) is 19.1. The molecule has 0 unspecified atom stereocenters. The minimum atomic E-state index is -0.0909. The van der Waals surface area contributed by atoms with Gasteiger partial charge in [-0.15, -0.1) is 0 Å². The normalized spacial score (nSPS) is 17.5. The standard InChI is InChI=1S/C18H23N5O/c1-22-11-16(9-21-22)18(24)20-8-14-6-19-7-15-12-23(5-4-17(14)15)10-13-2-3-13/h6-7,9,11,13H,2-5,8,10,12H2,1H3,(H,20,24). The molecule has 0 bridgehead atoms. The zero-order valence-corrected chi connectivity index (χ0v) is 14.0. The van der Waals surface area contributed by atoms with Gasteiger partial charge < -0.3 is 5.32 Å². The first-order valence-electron chi connectivity index (χ1n) is 8.63. The fourth-order valence-corrected chi connectivity index (χ4v) is 3.42. The Labute approximate surface area is 141 Å². The molecule has 0 spiro atoms. The van der Waals surface area contributed by atoms with Crippen molar-refractivity contribution in [1.82, 2.24) is 25.0 Å². The summed E-state index contributed by atoms with van der Waals surface area (Å²) in [5.74, 6) is 0.827. The van der Waals surface area contributed by atoms with Crippen LogP contribution in [0.25, 0.3) is 0 Å². The van der Waals surface area contributed by atoms with Crippen LogP contribution in [-0.2, 0) is 26.6 Å². The molecule has 1 aliphatic carbocycles. The summed E-state index contributed by atoms with van der Waals surface area (Å²) in [6, 6.07) is 0. The van der Waals surface area contributed by atoms with Gasteiger partial charge in [-0.3, -0.25) is 19.4 Å². The van der Waals surface area contributed by atoms with Gasteiger partial charge in [0, 0.05) is 51.8 Å². The Kier molecular flexibility index (Phi) is 4.06. The lowest BCUT2D eigenvalue weighted by molar-refractivity contribution is 0.0950. The summed E-state index contributed by atoms with van der Waals surface area (Å²) < 4.78 is 1.63. The van der Waals surface area contributed by atoms with Crippen molar-refractivity contribution in [3.05, 3.63) is 47.0 Å². The van der Waals surface area contributed by atoms with E-state index in [1.807, 2.05) is 19.4 Å². The number of aromatic nitrogens is 3. The summed E-state index contributed by atoms with van der Waals surface area (Å²) in [7, 11) is 1.81. The third-order valence-electron chi connectivity index (χ3n) is 4.93. The van der Waals surface area contributed by atoms with E-state index in [0.29, 0.717) is 12.1 Å². The number of amides is 1. The molecule has 0 saturated heterocycles. The van der Waals surface area contributed by atoms with Crippen molar-refractivity contribution in [2.45, 2.75) is 32.4 Å². The van der Waals surface area contributed by atoms with E-state index in [0.717, 1.165) is 31.0 Å². The van der Waals surface area contributed by atoms with E-state index in [1.165, 1.54) is 30.5 Å². The van der Waals surface area contributed by atoms with Gasteiger partial charge in [-0.05, 0) is 41.9 Å². The van der Waals surface area contributed by atoms with Crippen molar-refractivity contribution in [2.75, 3.05) is 13.1 Å². The second-order valence-electron chi connectivity index (χ2n) is 6.95. The number of carbonyl (C=O) groups is 1. The number of rotatable bonds is 5. The second-order valence-corrected chi connectivity index (χ2v) is 6.95. The second kappa shape index (κ2) is 6.36. The van der Waals surface area contributed by atoms with Gasteiger partial charge in [0.05, 0.1) is 11.8 Å². The maximum atomic E-state index is 12.2. The Morgan fingerprint density at radius 3 is 2.96 bits per heavy atom. The molecule has 6 heteroatoms. The highest BCUT2D eigenvalue weighted by molar-refractivity contribution is 5.93. The van der Waals surface area contributed by atoms with Crippen molar-refractivity contribution < 1.29 is 4.79 Å². The van der Waals surface area contributed by atoms with Crippen molar-refractivity contribution in [3.63, 3.8) is 0 Å². The van der Waals surface area contributed by atoms with Gasteiger partial charge in [-0.25, -0.2) is 0 Å². The molecule has 2 aliphatic rings. The van der Waals surface area contributed by atoms with Crippen molar-refractivity contribution in [2.24, 2.45) is 13.0 Å². The predicted molar refractivity (Wildman–Crippen MR) is 90.3 cm³/mol. The van der Waals surface area contributed by atoms with E-state index < -0.39 is 0 Å². The molecular formula is C18H23N5O. The maximum absolute atomic E-state index is 12.2. The van der Waals surface area contributed by atoms with E-state index >= 15 is 0 Å². The molecule has 1 N–H and O–H groups in total. The molecule has 24 heavy (non-hydrogen) atoms. The van der Waals surface area contributed by atoms with Crippen LogP contribution >= 0.6 is 0 Å². The zero-order valence-electron chi connectivity index (χ0n) is 14.0. The molecule has 0 aromatic carbocycles. The number of pyridine rings is 1. The van der Waals surface area contributed by atoms with Crippen LogP contribution in [0.15, 0.2) is 24.8 Å². The van der Waals surface area contributed by atoms with Gasteiger partial charge in [-0.1, -0.05) is 0 Å². The quantitative estimate of drug-likeness (QED) is 0.905. The molecule has 3 heterocycles. The first-order valence-corrected chi connectivity index (χ1v) is 8.63. The molecule has 6 nitrogen and oxygen atoms in total. The molecule has 2 aromatic heterocycles. The fourth-order valence-electron chi connectivity index (χ4n) is 3.42. The lowest BCUT2D eigenvalue weighted by Gasteiger charge is -2.29. The third kappa shape index (κ3) is 3.33. The van der Waals surface area contributed by atoms with Crippen molar-refractivity contribution in [3.8, 4) is 0 Å². The number of hydrogen-bond donors (Lipinski definition) is 1. The zero-order chi connectivity index (χ0) is 16.5. The van der Waals surface area contributed by atoms with Gasteiger partial charge >= 0.3 is 0 Å². The number of nitrogens with one attached hydrogen (secondary N) is 1. The van der Waals surface area contributed by atoms with Gasteiger partial charge in [0.2, 0.25) is 0 Å². The van der Waals surface area contributed by atoms with E-state index in [4.69, 9.17) is 0 Å². The predicted octanol–water partition coefficient (Wildman–Crippen LogP) is 1.51. The SMILES string of the molecule is Cn1cc(C(=O)NCc2cncc3c2CCN(CC2CC2)C3)cn1. The summed E-state index contributed by atoms with van der Waals surface area (Å²) in [6.07, 6.45) is 11.0. The summed E-state index contributed by atoms with van der Waals surface area (Å²) in [6.45, 7) is 3.84. The van der Waals surface area contributed by atoms with Gasteiger partial charge in [0.15, 0.2) is 0 Å². The van der Waals surface area contributed by atoms with Crippen LogP contribution in [0.4, 0.5) is 0 Å². The Balaban J connectivity index is 1.42. The third-order valence-corrected chi connectivity index (χ3v) is 4.93. The maximum Gasteiger partial charge on any atom is 0.254 e. The Morgan fingerprint density at radius 2 is 2.21 bits per heavy atom. The van der Waals surface area contributed by atoms with Crippen LogP contribution in [0.3, 0.4) is 0 Å². The van der Waals surface area contributed by atoms with Crippen molar-refractivity contribution >= 4 is 5.91 Å². The number of nitrogens with zero attached hydrogens (tertiary/aromatic N) is 4. The minimum Gasteiger partial charge on any atom is -0.348 e. The van der Waals surface area contributed by atoms with E-state index in [9.17, 15) is 4.79 Å². The Bertz CT molecular complexity index is 750. The summed E-state index contributed by atoms with van der Waals surface area (Å²) in [5.41, 5.74) is 4.40. The number of aryl methyl sites for hydroxylation is 1. The molecular weight excluding hydrogens is 302 g/mol. The number of carbonyl (C=O) groups excluding carboxylic acids is 1. The first kappa shape index (κ1) is 15.3. The molecule has 1 fully saturated rings. The minimum absolute atomic E-state index is 0.0909. The molecule has 1 aliphatic heterocycles. The van der Waals surface area contributed by atoms with E-state index in [-0.39, 0.29) is 5.91 Å². The summed E-state index contributed by atoms with van der Waals surface area (Å²) >= 11 is 0. The monoisotopic (exact) mass is 325 g/mol. The van der Waals surface area contributed by atoms with E-state index in [2.05, 4.69) is 20.3 Å². The van der Waals surface area contributed by atoms with Gasteiger partial charge in [0.25, 0.3) is 5.91 Å². The summed E-state index contributed by atoms with van der Waals surface area (Å²) in [5, 5.41) is 7.02. The van der Waals surface area contributed by atoms with Crippen LogP contribution in [-0.4, -0.2) is 38.7 Å². The first-order chi connectivity index (χ1) is 11.7.